The number of fused-ring (bicyclic) bond motifs is 1. The monoisotopic (exact) mass is 280 g/mol. The number of carbonyl (C=O) groups excluding carboxylic acids is 1. The molecule has 1 atom stereocenters. The number of rotatable bonds is 2. The minimum atomic E-state index is 0. The fraction of sp³-hybridized carbons (Fsp3) is 0.385. The molecule has 0 aliphatic carbocycles. The Balaban J connectivity index is 0.00000133. The molecule has 0 unspecified atom stereocenters. The van der Waals surface area contributed by atoms with Gasteiger partial charge in [0.2, 0.25) is 5.91 Å². The summed E-state index contributed by atoms with van der Waals surface area (Å²) in [6.07, 6.45) is 3.80. The molecule has 1 amide bonds. The van der Waals surface area contributed by atoms with Crippen molar-refractivity contribution in [3.63, 3.8) is 0 Å². The summed E-state index contributed by atoms with van der Waals surface area (Å²) in [5, 5.41) is 14.1. The third kappa shape index (κ3) is 3.05. The molecule has 5 nitrogen and oxygen atoms in total. The molecule has 3 N–H and O–H groups in total. The summed E-state index contributed by atoms with van der Waals surface area (Å²) < 4.78 is 0. The lowest BCUT2D eigenvalue weighted by molar-refractivity contribution is -0.120. The highest BCUT2D eigenvalue weighted by Gasteiger charge is 2.20. The molecular formula is C13H17ClN4O. The molecule has 3 rings (SSSR count). The van der Waals surface area contributed by atoms with E-state index in [1.165, 1.54) is 0 Å². The van der Waals surface area contributed by atoms with Gasteiger partial charge in [0.05, 0.1) is 17.6 Å². The van der Waals surface area contributed by atoms with Crippen LogP contribution >= 0.6 is 12.4 Å². The zero-order valence-electron chi connectivity index (χ0n) is 10.5. The summed E-state index contributed by atoms with van der Waals surface area (Å²) in [5.74, 6) is 0.178. The van der Waals surface area contributed by atoms with E-state index < -0.39 is 0 Å². The van der Waals surface area contributed by atoms with Gasteiger partial charge in [-0.05, 0) is 37.6 Å². The zero-order chi connectivity index (χ0) is 12.4. The Bertz CT molecular complexity index is 563. The molecule has 1 aliphatic rings. The number of nitrogens with one attached hydrogen (secondary N) is 3. The fourth-order valence-corrected chi connectivity index (χ4v) is 2.33. The van der Waals surface area contributed by atoms with E-state index in [0.717, 1.165) is 42.5 Å². The highest BCUT2D eigenvalue weighted by atomic mass is 35.5. The predicted molar refractivity (Wildman–Crippen MR) is 77.6 cm³/mol. The number of halogens is 1. The first kappa shape index (κ1) is 13.8. The van der Waals surface area contributed by atoms with Gasteiger partial charge >= 0.3 is 0 Å². The standard InChI is InChI=1S/C13H16N4O.ClH/c18-13(10-2-1-5-14-7-10)16-11-4-3-9-8-15-17-12(9)6-11;/h3-4,6,8,10,14H,1-2,5,7H2,(H,15,17)(H,16,18);1H/t10-;/m1./s1. The number of amides is 1. The molecule has 1 aromatic carbocycles. The van der Waals surface area contributed by atoms with Crippen molar-refractivity contribution in [1.29, 1.82) is 0 Å². The van der Waals surface area contributed by atoms with Crippen molar-refractivity contribution in [1.82, 2.24) is 15.5 Å². The number of carbonyl (C=O) groups is 1. The van der Waals surface area contributed by atoms with Gasteiger partial charge in [0.1, 0.15) is 0 Å². The number of anilines is 1. The molecule has 2 heterocycles. The normalized spacial score (nSPS) is 18.8. The van der Waals surface area contributed by atoms with Gasteiger partial charge in [-0.3, -0.25) is 9.89 Å². The van der Waals surface area contributed by atoms with Crippen molar-refractivity contribution in [2.75, 3.05) is 18.4 Å². The van der Waals surface area contributed by atoms with E-state index in [1.807, 2.05) is 18.2 Å². The van der Waals surface area contributed by atoms with Crippen LogP contribution in [0.4, 0.5) is 5.69 Å². The minimum Gasteiger partial charge on any atom is -0.326 e. The lowest BCUT2D eigenvalue weighted by Gasteiger charge is -2.21. The summed E-state index contributed by atoms with van der Waals surface area (Å²) in [6, 6.07) is 5.77. The van der Waals surface area contributed by atoms with Crippen LogP contribution in [0.25, 0.3) is 10.9 Å². The average Bonchev–Trinajstić information content (AvgIpc) is 2.87. The summed E-state index contributed by atoms with van der Waals surface area (Å²) in [4.78, 5) is 12.1. The van der Waals surface area contributed by atoms with Crippen LogP contribution in [0.2, 0.25) is 0 Å². The van der Waals surface area contributed by atoms with Crippen LogP contribution in [-0.4, -0.2) is 29.2 Å². The van der Waals surface area contributed by atoms with Gasteiger partial charge < -0.3 is 10.6 Å². The Kier molecular flexibility index (Phi) is 4.39. The van der Waals surface area contributed by atoms with Gasteiger partial charge in [0, 0.05) is 17.6 Å². The van der Waals surface area contributed by atoms with Crippen LogP contribution in [0.1, 0.15) is 12.8 Å². The Labute approximate surface area is 117 Å². The lowest BCUT2D eigenvalue weighted by atomic mass is 9.99. The number of nitrogens with zero attached hydrogens (tertiary/aromatic N) is 1. The number of piperidine rings is 1. The zero-order valence-corrected chi connectivity index (χ0v) is 11.3. The molecule has 19 heavy (non-hydrogen) atoms. The van der Waals surface area contributed by atoms with Crippen molar-refractivity contribution in [2.45, 2.75) is 12.8 Å². The summed E-state index contributed by atoms with van der Waals surface area (Å²) in [5.41, 5.74) is 1.76. The average molecular weight is 281 g/mol. The highest BCUT2D eigenvalue weighted by Crippen LogP contribution is 2.18. The maximum Gasteiger partial charge on any atom is 0.228 e. The largest absolute Gasteiger partial charge is 0.326 e. The molecule has 0 saturated carbocycles. The quantitative estimate of drug-likeness (QED) is 0.787. The van der Waals surface area contributed by atoms with E-state index in [0.29, 0.717) is 0 Å². The van der Waals surface area contributed by atoms with Crippen LogP contribution < -0.4 is 10.6 Å². The van der Waals surface area contributed by atoms with E-state index in [9.17, 15) is 4.79 Å². The van der Waals surface area contributed by atoms with Crippen LogP contribution in [0.5, 0.6) is 0 Å². The molecule has 6 heteroatoms. The number of benzene rings is 1. The van der Waals surface area contributed by atoms with Crippen LogP contribution in [0.15, 0.2) is 24.4 Å². The van der Waals surface area contributed by atoms with Crippen LogP contribution in [0, 0.1) is 5.92 Å². The van der Waals surface area contributed by atoms with Crippen molar-refractivity contribution in [3.8, 4) is 0 Å². The smallest absolute Gasteiger partial charge is 0.228 e. The van der Waals surface area contributed by atoms with Crippen LogP contribution in [0.3, 0.4) is 0 Å². The van der Waals surface area contributed by atoms with E-state index in [-0.39, 0.29) is 24.2 Å². The summed E-state index contributed by atoms with van der Waals surface area (Å²) in [6.45, 7) is 1.79. The summed E-state index contributed by atoms with van der Waals surface area (Å²) >= 11 is 0. The third-order valence-corrected chi connectivity index (χ3v) is 3.38. The maximum absolute atomic E-state index is 12.1. The second kappa shape index (κ2) is 6.04. The van der Waals surface area contributed by atoms with Gasteiger partial charge in [-0.25, -0.2) is 0 Å². The van der Waals surface area contributed by atoms with E-state index in [4.69, 9.17) is 0 Å². The van der Waals surface area contributed by atoms with E-state index >= 15 is 0 Å². The Morgan fingerprint density at radius 1 is 1.42 bits per heavy atom. The number of aromatic amines is 1. The summed E-state index contributed by atoms with van der Waals surface area (Å²) in [7, 11) is 0. The number of hydrogen-bond donors (Lipinski definition) is 3. The van der Waals surface area contributed by atoms with Crippen molar-refractivity contribution in [3.05, 3.63) is 24.4 Å². The fourth-order valence-electron chi connectivity index (χ4n) is 2.33. The third-order valence-electron chi connectivity index (χ3n) is 3.38. The highest BCUT2D eigenvalue weighted by molar-refractivity contribution is 5.95. The Morgan fingerprint density at radius 2 is 2.32 bits per heavy atom. The molecule has 1 fully saturated rings. The lowest BCUT2D eigenvalue weighted by Crippen LogP contribution is -2.37. The number of H-pyrrole nitrogens is 1. The predicted octanol–water partition coefficient (Wildman–Crippen LogP) is 1.92. The van der Waals surface area contributed by atoms with Gasteiger partial charge in [0.25, 0.3) is 0 Å². The van der Waals surface area contributed by atoms with Crippen LogP contribution in [-0.2, 0) is 4.79 Å². The van der Waals surface area contributed by atoms with Gasteiger partial charge in [-0.15, -0.1) is 12.4 Å². The molecular weight excluding hydrogens is 264 g/mol. The minimum absolute atomic E-state index is 0. The van der Waals surface area contributed by atoms with E-state index in [2.05, 4.69) is 20.8 Å². The number of hydrogen-bond acceptors (Lipinski definition) is 3. The molecule has 1 saturated heterocycles. The second-order valence-electron chi connectivity index (χ2n) is 4.70. The van der Waals surface area contributed by atoms with E-state index in [1.54, 1.807) is 6.20 Å². The topological polar surface area (TPSA) is 69.8 Å². The molecule has 102 valence electrons. The molecule has 0 spiro atoms. The van der Waals surface area contributed by atoms with Gasteiger partial charge in [-0.2, -0.15) is 5.10 Å². The Hall–Kier alpha value is -1.59. The van der Waals surface area contributed by atoms with Crippen molar-refractivity contribution >= 4 is 34.9 Å². The number of aromatic nitrogens is 2. The first-order chi connectivity index (χ1) is 8.83. The maximum atomic E-state index is 12.1. The molecule has 1 aromatic heterocycles. The molecule has 0 radical (unpaired) electrons. The second-order valence-corrected chi connectivity index (χ2v) is 4.70. The first-order valence-corrected chi connectivity index (χ1v) is 6.27. The molecule has 0 bridgehead atoms. The first-order valence-electron chi connectivity index (χ1n) is 6.27. The van der Waals surface area contributed by atoms with Crippen molar-refractivity contribution < 1.29 is 4.79 Å². The van der Waals surface area contributed by atoms with Gasteiger partial charge in [0.15, 0.2) is 0 Å². The Morgan fingerprint density at radius 3 is 3.11 bits per heavy atom. The van der Waals surface area contributed by atoms with Gasteiger partial charge in [-0.1, -0.05) is 0 Å². The van der Waals surface area contributed by atoms with Crippen molar-refractivity contribution in [2.24, 2.45) is 5.92 Å². The molecule has 2 aromatic rings. The SMILES string of the molecule is Cl.O=C(Nc1ccc2cn[nH]c2c1)[C@@H]1CCCNC1. The molecule has 1 aliphatic heterocycles.